The molecule has 1 aliphatic heterocycles. The van der Waals surface area contributed by atoms with E-state index < -0.39 is 0 Å². The molecule has 3 N–H and O–H groups in total. The molecule has 3 heterocycles. The Morgan fingerprint density at radius 2 is 2.36 bits per heavy atom. The Morgan fingerprint density at radius 1 is 1.41 bits per heavy atom. The lowest BCUT2D eigenvalue weighted by molar-refractivity contribution is -0.123. The number of carbonyl (C=O) groups is 1. The number of nitrogens with one attached hydrogen (secondary N) is 3. The van der Waals surface area contributed by atoms with Crippen LogP contribution >= 0.6 is 11.3 Å². The third-order valence-electron chi connectivity index (χ3n) is 4.29. The highest BCUT2D eigenvalue weighted by Gasteiger charge is 2.28. The average Bonchev–Trinajstić information content (AvgIpc) is 3.21. The summed E-state index contributed by atoms with van der Waals surface area (Å²) in [5.41, 5.74) is 3.17. The van der Waals surface area contributed by atoms with E-state index in [0.717, 1.165) is 42.2 Å². The summed E-state index contributed by atoms with van der Waals surface area (Å²) in [6.45, 7) is 1.43. The second kappa shape index (κ2) is 5.81. The topological polar surface area (TPSA) is 82.7 Å². The number of aromatic nitrogens is 3. The number of rotatable bonds is 4. The molecule has 0 saturated carbocycles. The van der Waals surface area contributed by atoms with Crippen LogP contribution in [0.2, 0.25) is 0 Å². The van der Waals surface area contributed by atoms with Gasteiger partial charge in [-0.25, -0.2) is 9.97 Å². The summed E-state index contributed by atoms with van der Waals surface area (Å²) < 4.78 is 0. The standard InChI is InChI=1S/C15H19N5OS/c21-15(14-13-10(4-6-16-14)18-8-19-13)17-7-5-12-20-9-2-1-3-11(9)22-12/h8,14,16H,1-7H2,(H,17,21)(H,18,19)/t14-/m1/s1. The number of hydrogen-bond donors (Lipinski definition) is 3. The normalized spacial score (nSPS) is 19.7. The number of aryl methyl sites for hydroxylation is 2. The number of nitrogens with zero attached hydrogens (tertiary/aromatic N) is 2. The van der Waals surface area contributed by atoms with Crippen molar-refractivity contribution in [2.24, 2.45) is 0 Å². The molecule has 22 heavy (non-hydrogen) atoms. The molecule has 1 aliphatic carbocycles. The Kier molecular flexibility index (Phi) is 3.67. The fraction of sp³-hybridized carbons (Fsp3) is 0.533. The Bertz CT molecular complexity index is 670. The van der Waals surface area contributed by atoms with E-state index in [9.17, 15) is 4.79 Å². The molecular formula is C15H19N5OS. The first-order chi connectivity index (χ1) is 10.8. The van der Waals surface area contributed by atoms with Crippen LogP contribution in [0.25, 0.3) is 0 Å². The molecule has 6 nitrogen and oxygen atoms in total. The highest BCUT2D eigenvalue weighted by Crippen LogP contribution is 2.27. The summed E-state index contributed by atoms with van der Waals surface area (Å²) in [5.74, 6) is -0.00264. The predicted octanol–water partition coefficient (Wildman–Crippen LogP) is 0.901. The van der Waals surface area contributed by atoms with Crippen molar-refractivity contribution < 1.29 is 4.79 Å². The third kappa shape index (κ3) is 2.55. The second-order valence-corrected chi connectivity index (χ2v) is 6.94. The van der Waals surface area contributed by atoms with Gasteiger partial charge < -0.3 is 15.6 Å². The number of aromatic amines is 1. The predicted molar refractivity (Wildman–Crippen MR) is 83.9 cm³/mol. The first-order valence-electron chi connectivity index (χ1n) is 7.82. The van der Waals surface area contributed by atoms with Crippen molar-refractivity contribution in [2.75, 3.05) is 13.1 Å². The van der Waals surface area contributed by atoms with E-state index in [0.29, 0.717) is 6.54 Å². The smallest absolute Gasteiger partial charge is 0.243 e. The maximum atomic E-state index is 12.3. The van der Waals surface area contributed by atoms with Gasteiger partial charge in [0.2, 0.25) is 5.91 Å². The lowest BCUT2D eigenvalue weighted by Crippen LogP contribution is -2.42. The summed E-state index contributed by atoms with van der Waals surface area (Å²) in [6.07, 6.45) is 6.90. The zero-order chi connectivity index (χ0) is 14.9. The minimum Gasteiger partial charge on any atom is -0.354 e. The van der Waals surface area contributed by atoms with Crippen molar-refractivity contribution >= 4 is 17.2 Å². The summed E-state index contributed by atoms with van der Waals surface area (Å²) in [6, 6.07) is -0.337. The van der Waals surface area contributed by atoms with E-state index in [1.807, 2.05) is 0 Å². The second-order valence-electron chi connectivity index (χ2n) is 5.78. The van der Waals surface area contributed by atoms with Gasteiger partial charge in [0.1, 0.15) is 6.04 Å². The van der Waals surface area contributed by atoms with E-state index in [4.69, 9.17) is 0 Å². The third-order valence-corrected chi connectivity index (χ3v) is 5.51. The average molecular weight is 317 g/mol. The monoisotopic (exact) mass is 317 g/mol. The molecule has 1 amide bonds. The molecule has 0 unspecified atom stereocenters. The van der Waals surface area contributed by atoms with Crippen molar-refractivity contribution in [1.29, 1.82) is 0 Å². The highest BCUT2D eigenvalue weighted by atomic mass is 32.1. The minimum absolute atomic E-state index is 0.00264. The summed E-state index contributed by atoms with van der Waals surface area (Å²) in [7, 11) is 0. The van der Waals surface area contributed by atoms with Crippen LogP contribution in [-0.2, 0) is 30.5 Å². The maximum Gasteiger partial charge on any atom is 0.243 e. The van der Waals surface area contributed by atoms with Crippen molar-refractivity contribution in [2.45, 2.75) is 38.1 Å². The molecule has 0 radical (unpaired) electrons. The van der Waals surface area contributed by atoms with Crippen LogP contribution in [0, 0.1) is 0 Å². The molecular weight excluding hydrogens is 298 g/mol. The lowest BCUT2D eigenvalue weighted by Gasteiger charge is -2.22. The maximum absolute atomic E-state index is 12.3. The molecule has 0 saturated heterocycles. The zero-order valence-electron chi connectivity index (χ0n) is 12.3. The number of amides is 1. The molecule has 0 spiro atoms. The summed E-state index contributed by atoms with van der Waals surface area (Å²) >= 11 is 1.80. The van der Waals surface area contributed by atoms with Crippen molar-refractivity contribution in [3.8, 4) is 0 Å². The van der Waals surface area contributed by atoms with Crippen LogP contribution in [0.4, 0.5) is 0 Å². The van der Waals surface area contributed by atoms with Crippen molar-refractivity contribution in [1.82, 2.24) is 25.6 Å². The van der Waals surface area contributed by atoms with E-state index in [-0.39, 0.29) is 11.9 Å². The van der Waals surface area contributed by atoms with Crippen LogP contribution in [0.15, 0.2) is 6.33 Å². The van der Waals surface area contributed by atoms with Crippen LogP contribution in [0.3, 0.4) is 0 Å². The van der Waals surface area contributed by atoms with E-state index in [1.54, 1.807) is 17.7 Å². The molecule has 4 rings (SSSR count). The van der Waals surface area contributed by atoms with Crippen LogP contribution in [0.1, 0.15) is 39.4 Å². The molecule has 7 heteroatoms. The van der Waals surface area contributed by atoms with Gasteiger partial charge in [0.05, 0.1) is 22.7 Å². The number of hydrogen-bond acceptors (Lipinski definition) is 5. The summed E-state index contributed by atoms with van der Waals surface area (Å²) in [5, 5.41) is 7.38. The molecule has 116 valence electrons. The summed E-state index contributed by atoms with van der Waals surface area (Å²) in [4.78, 5) is 25.8. The highest BCUT2D eigenvalue weighted by molar-refractivity contribution is 7.11. The molecule has 2 aromatic rings. The largest absolute Gasteiger partial charge is 0.354 e. The number of imidazole rings is 1. The molecule has 0 aromatic carbocycles. The SMILES string of the molecule is O=C(NCCc1nc2c(s1)CCC2)[C@@H]1NCCc2[nH]cnc21. The number of carbonyl (C=O) groups excluding carboxylic acids is 1. The number of thiazole rings is 1. The van der Waals surface area contributed by atoms with Crippen molar-refractivity contribution in [3.63, 3.8) is 0 Å². The Labute approximate surface area is 132 Å². The van der Waals surface area contributed by atoms with Gasteiger partial charge in [-0.05, 0) is 19.3 Å². The van der Waals surface area contributed by atoms with E-state index in [2.05, 4.69) is 25.6 Å². The molecule has 2 aromatic heterocycles. The Balaban J connectivity index is 1.33. The van der Waals surface area contributed by atoms with Gasteiger partial charge >= 0.3 is 0 Å². The fourth-order valence-corrected chi connectivity index (χ4v) is 4.34. The molecule has 0 fully saturated rings. The molecule has 1 atom stereocenters. The van der Waals surface area contributed by atoms with Crippen molar-refractivity contribution in [3.05, 3.63) is 33.3 Å². The first kappa shape index (κ1) is 13.9. The van der Waals surface area contributed by atoms with Crippen LogP contribution < -0.4 is 10.6 Å². The van der Waals surface area contributed by atoms with Gasteiger partial charge in [0, 0.05) is 36.5 Å². The van der Waals surface area contributed by atoms with E-state index in [1.165, 1.54) is 23.4 Å². The molecule has 0 bridgehead atoms. The fourth-order valence-electron chi connectivity index (χ4n) is 3.18. The number of fused-ring (bicyclic) bond motifs is 2. The Hall–Kier alpha value is -1.73. The van der Waals surface area contributed by atoms with Gasteiger partial charge in [-0.15, -0.1) is 11.3 Å². The molecule has 2 aliphatic rings. The van der Waals surface area contributed by atoms with E-state index >= 15 is 0 Å². The minimum atomic E-state index is -0.337. The van der Waals surface area contributed by atoms with Gasteiger partial charge in [-0.2, -0.15) is 0 Å². The van der Waals surface area contributed by atoms with Gasteiger partial charge in [-0.1, -0.05) is 0 Å². The van der Waals surface area contributed by atoms with Crippen LogP contribution in [-0.4, -0.2) is 33.9 Å². The van der Waals surface area contributed by atoms with Gasteiger partial charge in [-0.3, -0.25) is 4.79 Å². The Morgan fingerprint density at radius 3 is 3.27 bits per heavy atom. The quantitative estimate of drug-likeness (QED) is 0.782. The lowest BCUT2D eigenvalue weighted by atomic mass is 10.1. The van der Waals surface area contributed by atoms with Gasteiger partial charge in [0.15, 0.2) is 0 Å². The zero-order valence-corrected chi connectivity index (χ0v) is 13.1. The van der Waals surface area contributed by atoms with Gasteiger partial charge in [0.25, 0.3) is 0 Å². The first-order valence-corrected chi connectivity index (χ1v) is 8.63. The number of H-pyrrole nitrogens is 1. The van der Waals surface area contributed by atoms with Crippen LogP contribution in [0.5, 0.6) is 0 Å².